The van der Waals surface area contributed by atoms with Crippen LogP contribution in [0.2, 0.25) is 0 Å². The van der Waals surface area contributed by atoms with E-state index >= 15 is 0 Å². The second-order valence-corrected chi connectivity index (χ2v) is 7.56. The zero-order valence-electron chi connectivity index (χ0n) is 14.7. The number of amides is 1. The predicted molar refractivity (Wildman–Crippen MR) is 105 cm³/mol. The van der Waals surface area contributed by atoms with Crippen LogP contribution < -0.4 is 10.1 Å². The van der Waals surface area contributed by atoms with E-state index in [0.717, 1.165) is 30.0 Å². The molecule has 0 spiro atoms. The third-order valence-electron chi connectivity index (χ3n) is 4.37. The molecule has 1 amide bonds. The number of hydrogen-bond donors (Lipinski definition) is 1. The first-order chi connectivity index (χ1) is 12.2. The van der Waals surface area contributed by atoms with Crippen molar-refractivity contribution in [3.63, 3.8) is 0 Å². The van der Waals surface area contributed by atoms with Crippen LogP contribution in [0, 0.1) is 6.92 Å². The number of aryl methyl sites for hydroxylation is 1. The van der Waals surface area contributed by atoms with Crippen molar-refractivity contribution in [2.75, 3.05) is 11.1 Å². The number of rotatable bonds is 7. The van der Waals surface area contributed by atoms with E-state index in [1.165, 1.54) is 24.0 Å². The number of carbonyl (C=O) groups excluding carboxylic acids is 1. The largest absolute Gasteiger partial charge is 0.490 e. The molecular formula is C21H25NO2S. The fourth-order valence-electron chi connectivity index (χ4n) is 2.96. The van der Waals surface area contributed by atoms with Crippen molar-refractivity contribution in [3.05, 3.63) is 59.7 Å². The predicted octanol–water partition coefficient (Wildman–Crippen LogP) is 5.19. The van der Waals surface area contributed by atoms with E-state index in [-0.39, 0.29) is 5.91 Å². The quantitative estimate of drug-likeness (QED) is 0.743. The van der Waals surface area contributed by atoms with Gasteiger partial charge in [-0.1, -0.05) is 29.8 Å². The Kier molecular flexibility index (Phi) is 6.40. The lowest BCUT2D eigenvalue weighted by atomic mass is 10.2. The van der Waals surface area contributed by atoms with Crippen LogP contribution >= 0.6 is 11.8 Å². The lowest BCUT2D eigenvalue weighted by Gasteiger charge is -2.13. The average Bonchev–Trinajstić information content (AvgIpc) is 3.11. The summed E-state index contributed by atoms with van der Waals surface area (Å²) in [6.45, 7) is 2.08. The molecule has 0 bridgehead atoms. The maximum absolute atomic E-state index is 12.1. The maximum Gasteiger partial charge on any atom is 0.234 e. The van der Waals surface area contributed by atoms with Gasteiger partial charge in [-0.05, 0) is 62.4 Å². The minimum absolute atomic E-state index is 0.0292. The summed E-state index contributed by atoms with van der Waals surface area (Å²) in [6, 6.07) is 16.1. The topological polar surface area (TPSA) is 38.3 Å². The van der Waals surface area contributed by atoms with Crippen molar-refractivity contribution in [2.24, 2.45) is 0 Å². The van der Waals surface area contributed by atoms with Crippen LogP contribution in [-0.2, 0) is 10.5 Å². The maximum atomic E-state index is 12.1. The zero-order valence-corrected chi connectivity index (χ0v) is 15.5. The van der Waals surface area contributed by atoms with Gasteiger partial charge < -0.3 is 10.1 Å². The van der Waals surface area contributed by atoms with Crippen LogP contribution in [0.4, 0.5) is 5.69 Å². The Balaban J connectivity index is 1.40. The lowest BCUT2D eigenvalue weighted by molar-refractivity contribution is -0.113. The molecule has 0 atom stereocenters. The summed E-state index contributed by atoms with van der Waals surface area (Å²) in [6.07, 6.45) is 5.18. The van der Waals surface area contributed by atoms with Crippen LogP contribution in [0.25, 0.3) is 0 Å². The van der Waals surface area contributed by atoms with Gasteiger partial charge in [0.15, 0.2) is 0 Å². The minimum Gasteiger partial charge on any atom is -0.490 e. The van der Waals surface area contributed by atoms with E-state index in [1.54, 1.807) is 11.8 Å². The molecule has 2 aromatic carbocycles. The molecule has 0 radical (unpaired) electrons. The Hall–Kier alpha value is -1.94. The molecule has 4 heteroatoms. The number of thioether (sulfide) groups is 1. The molecule has 1 fully saturated rings. The second-order valence-electron chi connectivity index (χ2n) is 6.58. The molecule has 25 heavy (non-hydrogen) atoms. The van der Waals surface area contributed by atoms with E-state index < -0.39 is 0 Å². The standard InChI is InChI=1S/C21H25NO2S/c1-16-6-8-17(9-7-16)14-25-15-21(23)22-18-10-12-20(13-11-18)24-19-4-2-3-5-19/h6-13,19H,2-5,14-15H2,1H3,(H,22,23). The van der Waals surface area contributed by atoms with Crippen molar-refractivity contribution >= 4 is 23.4 Å². The fourth-order valence-corrected chi connectivity index (χ4v) is 3.75. The van der Waals surface area contributed by atoms with Gasteiger partial charge >= 0.3 is 0 Å². The van der Waals surface area contributed by atoms with Gasteiger partial charge in [0.25, 0.3) is 0 Å². The van der Waals surface area contributed by atoms with Crippen LogP contribution in [0.3, 0.4) is 0 Å². The fraction of sp³-hybridized carbons (Fsp3) is 0.381. The summed E-state index contributed by atoms with van der Waals surface area (Å²) in [5, 5.41) is 2.94. The number of anilines is 1. The molecule has 0 heterocycles. The molecule has 3 rings (SSSR count). The molecule has 132 valence electrons. The summed E-state index contributed by atoms with van der Waals surface area (Å²) in [4.78, 5) is 12.1. The molecule has 1 N–H and O–H groups in total. The van der Waals surface area contributed by atoms with Gasteiger partial charge in [0.05, 0.1) is 11.9 Å². The van der Waals surface area contributed by atoms with E-state index in [0.29, 0.717) is 11.9 Å². The van der Waals surface area contributed by atoms with E-state index in [1.807, 2.05) is 24.3 Å². The van der Waals surface area contributed by atoms with Gasteiger partial charge in [-0.25, -0.2) is 0 Å². The smallest absolute Gasteiger partial charge is 0.234 e. The lowest BCUT2D eigenvalue weighted by Crippen LogP contribution is -2.14. The molecule has 1 saturated carbocycles. The average molecular weight is 356 g/mol. The van der Waals surface area contributed by atoms with Crippen molar-refractivity contribution in [1.29, 1.82) is 0 Å². The minimum atomic E-state index is 0.0292. The first kappa shape index (κ1) is 17.9. The highest BCUT2D eigenvalue weighted by Crippen LogP contribution is 2.25. The van der Waals surface area contributed by atoms with E-state index in [9.17, 15) is 4.79 Å². The molecule has 1 aliphatic rings. The number of ether oxygens (including phenoxy) is 1. The molecule has 0 saturated heterocycles. The SMILES string of the molecule is Cc1ccc(CSCC(=O)Nc2ccc(OC3CCCC3)cc2)cc1. The second kappa shape index (κ2) is 8.95. The highest BCUT2D eigenvalue weighted by Gasteiger charge is 2.16. The first-order valence-corrected chi connectivity index (χ1v) is 10.0. The van der Waals surface area contributed by atoms with Gasteiger partial charge in [0.1, 0.15) is 5.75 Å². The van der Waals surface area contributed by atoms with Crippen molar-refractivity contribution in [1.82, 2.24) is 0 Å². The van der Waals surface area contributed by atoms with E-state index in [2.05, 4.69) is 36.5 Å². The van der Waals surface area contributed by atoms with Crippen LogP contribution in [0.15, 0.2) is 48.5 Å². The van der Waals surface area contributed by atoms with Crippen LogP contribution in [0.5, 0.6) is 5.75 Å². The number of hydrogen-bond acceptors (Lipinski definition) is 3. The Bertz CT molecular complexity index is 676. The monoisotopic (exact) mass is 355 g/mol. The Morgan fingerprint density at radius 1 is 1.08 bits per heavy atom. The zero-order chi connectivity index (χ0) is 17.5. The van der Waals surface area contributed by atoms with Gasteiger partial charge in [-0.15, -0.1) is 11.8 Å². The Morgan fingerprint density at radius 3 is 2.44 bits per heavy atom. The third kappa shape index (κ3) is 5.82. The van der Waals surface area contributed by atoms with Gasteiger partial charge in [-0.3, -0.25) is 4.79 Å². The summed E-state index contributed by atoms with van der Waals surface area (Å²) in [5.74, 6) is 2.22. The summed E-state index contributed by atoms with van der Waals surface area (Å²) < 4.78 is 5.94. The van der Waals surface area contributed by atoms with Gasteiger partial charge in [0, 0.05) is 11.4 Å². The molecule has 1 aliphatic carbocycles. The van der Waals surface area contributed by atoms with Crippen molar-refractivity contribution in [2.45, 2.75) is 44.5 Å². The molecule has 2 aromatic rings. The first-order valence-electron chi connectivity index (χ1n) is 8.89. The van der Waals surface area contributed by atoms with E-state index in [4.69, 9.17) is 4.74 Å². The summed E-state index contributed by atoms with van der Waals surface area (Å²) >= 11 is 1.63. The summed E-state index contributed by atoms with van der Waals surface area (Å²) in [7, 11) is 0. The van der Waals surface area contributed by atoms with Gasteiger partial charge in [0.2, 0.25) is 5.91 Å². The normalized spacial score (nSPS) is 14.4. The molecule has 0 unspecified atom stereocenters. The molecule has 3 nitrogen and oxygen atoms in total. The summed E-state index contributed by atoms with van der Waals surface area (Å²) in [5.41, 5.74) is 3.32. The van der Waals surface area contributed by atoms with Crippen LogP contribution in [0.1, 0.15) is 36.8 Å². The van der Waals surface area contributed by atoms with Crippen LogP contribution in [-0.4, -0.2) is 17.8 Å². The highest BCUT2D eigenvalue weighted by molar-refractivity contribution is 7.99. The molecule has 0 aromatic heterocycles. The molecular weight excluding hydrogens is 330 g/mol. The van der Waals surface area contributed by atoms with Crippen molar-refractivity contribution < 1.29 is 9.53 Å². The highest BCUT2D eigenvalue weighted by atomic mass is 32.2. The number of carbonyl (C=O) groups is 1. The third-order valence-corrected chi connectivity index (χ3v) is 5.37. The molecule has 0 aliphatic heterocycles. The Labute approximate surface area is 154 Å². The van der Waals surface area contributed by atoms with Gasteiger partial charge in [-0.2, -0.15) is 0 Å². The van der Waals surface area contributed by atoms with Crippen molar-refractivity contribution in [3.8, 4) is 5.75 Å². The number of nitrogens with one attached hydrogen (secondary N) is 1. The Morgan fingerprint density at radius 2 is 1.76 bits per heavy atom. The number of benzene rings is 2.